The van der Waals surface area contributed by atoms with Crippen LogP contribution >= 0.6 is 35.0 Å². The van der Waals surface area contributed by atoms with Gasteiger partial charge in [0.05, 0.1) is 21.9 Å². The van der Waals surface area contributed by atoms with Crippen LogP contribution < -0.4 is 20.7 Å². The molecule has 1 aliphatic heterocycles. The lowest BCUT2D eigenvalue weighted by Crippen LogP contribution is -2.26. The normalized spacial score (nSPS) is 14.0. The first-order valence-corrected chi connectivity index (χ1v) is 14.4. The van der Waals surface area contributed by atoms with Crippen molar-refractivity contribution in [3.8, 4) is 0 Å². The Hall–Kier alpha value is -2.24. The molecule has 0 amide bonds. The second-order valence-electron chi connectivity index (χ2n) is 7.82. The molecular formula is C23H26Cl2N6O2S2. The summed E-state index contributed by atoms with van der Waals surface area (Å²) in [6, 6.07) is 12.7. The van der Waals surface area contributed by atoms with Crippen molar-refractivity contribution in [1.29, 1.82) is 0 Å². The van der Waals surface area contributed by atoms with E-state index in [0.29, 0.717) is 24.7 Å². The van der Waals surface area contributed by atoms with Gasteiger partial charge in [0.15, 0.2) is 5.82 Å². The topological polar surface area (TPSA) is 108 Å². The second kappa shape index (κ2) is 12.1. The third-order valence-corrected chi connectivity index (χ3v) is 8.69. The number of hydrogen-bond donors (Lipinski definition) is 4. The number of rotatable bonds is 7. The van der Waals surface area contributed by atoms with Crippen LogP contribution in [0.4, 0.5) is 23.1 Å². The molecule has 0 aliphatic carbocycles. The Labute approximate surface area is 219 Å². The molecule has 4 rings (SSSR count). The maximum absolute atomic E-state index is 12.5. The van der Waals surface area contributed by atoms with Crippen LogP contribution in [0.1, 0.15) is 19.3 Å². The van der Waals surface area contributed by atoms with E-state index in [1.165, 1.54) is 11.0 Å². The monoisotopic (exact) mass is 552 g/mol. The lowest BCUT2D eigenvalue weighted by atomic mass is 10.3. The first kappa shape index (κ1) is 25.8. The summed E-state index contributed by atoms with van der Waals surface area (Å²) in [4.78, 5) is 10.3. The molecule has 1 aliphatic rings. The van der Waals surface area contributed by atoms with Crippen LogP contribution in [0.2, 0.25) is 10.0 Å². The second-order valence-corrected chi connectivity index (χ2v) is 11.5. The molecular weight excluding hydrogens is 527 g/mol. The molecule has 4 N–H and O–H groups in total. The largest absolute Gasteiger partial charge is 0.381 e. The predicted molar refractivity (Wildman–Crippen MR) is 145 cm³/mol. The number of benzene rings is 2. The first-order chi connectivity index (χ1) is 16.9. The van der Waals surface area contributed by atoms with Crippen molar-refractivity contribution in [2.24, 2.45) is 0 Å². The Bertz CT molecular complexity index is 1280. The van der Waals surface area contributed by atoms with Gasteiger partial charge >= 0.3 is 0 Å². The number of anilines is 4. The van der Waals surface area contributed by atoms with E-state index in [0.717, 1.165) is 36.5 Å². The zero-order valence-electron chi connectivity index (χ0n) is 18.9. The fourth-order valence-corrected chi connectivity index (χ4v) is 6.21. The number of nitrogens with one attached hydrogen (secondary N) is 4. The highest BCUT2D eigenvalue weighted by Crippen LogP contribution is 2.29. The minimum absolute atomic E-state index is 0.0158. The highest BCUT2D eigenvalue weighted by molar-refractivity contribution is 7.99. The summed E-state index contributed by atoms with van der Waals surface area (Å²) in [6.07, 6.45) is 4.38. The van der Waals surface area contributed by atoms with Gasteiger partial charge in [0.1, 0.15) is 4.90 Å². The first-order valence-electron chi connectivity index (χ1n) is 11.2. The van der Waals surface area contributed by atoms with Crippen molar-refractivity contribution in [2.45, 2.75) is 29.1 Å². The van der Waals surface area contributed by atoms with E-state index in [1.807, 2.05) is 23.9 Å². The standard InChI is InChI=1S/C23H26Cl2N6O2S2/c24-18-8-4-9-20(21(18)25)35(32,33)29-12-5-11-26-19-15-28-23-30-16-6-3-7-17(14-16)34-13-2-1-10-27-22(19)31-23/h3-4,6-9,14-15,26,29H,1-2,5,10-13H2,(H2,27,28,30,31). The van der Waals surface area contributed by atoms with Gasteiger partial charge in [0, 0.05) is 30.2 Å². The van der Waals surface area contributed by atoms with Gasteiger partial charge in [-0.2, -0.15) is 4.98 Å². The van der Waals surface area contributed by atoms with Crippen molar-refractivity contribution in [3.63, 3.8) is 0 Å². The molecule has 8 nitrogen and oxygen atoms in total. The van der Waals surface area contributed by atoms with Crippen molar-refractivity contribution >= 4 is 68.1 Å². The van der Waals surface area contributed by atoms with Gasteiger partial charge in [-0.3, -0.25) is 0 Å². The molecule has 1 aromatic heterocycles. The highest BCUT2D eigenvalue weighted by atomic mass is 35.5. The highest BCUT2D eigenvalue weighted by Gasteiger charge is 2.18. The molecule has 12 heteroatoms. The van der Waals surface area contributed by atoms with Gasteiger partial charge in [-0.05, 0) is 55.3 Å². The Kier molecular flexibility index (Phi) is 8.96. The van der Waals surface area contributed by atoms with E-state index in [2.05, 4.69) is 42.8 Å². The molecule has 2 heterocycles. The molecule has 0 unspecified atom stereocenters. The molecule has 0 fully saturated rings. The van der Waals surface area contributed by atoms with E-state index in [9.17, 15) is 8.42 Å². The molecule has 35 heavy (non-hydrogen) atoms. The van der Waals surface area contributed by atoms with Crippen molar-refractivity contribution < 1.29 is 8.42 Å². The Morgan fingerprint density at radius 3 is 2.83 bits per heavy atom. The van der Waals surface area contributed by atoms with E-state index in [1.54, 1.807) is 18.3 Å². The lowest BCUT2D eigenvalue weighted by Gasteiger charge is -2.14. The summed E-state index contributed by atoms with van der Waals surface area (Å²) in [6.45, 7) is 1.55. The molecule has 0 spiro atoms. The van der Waals surface area contributed by atoms with Gasteiger partial charge in [0.2, 0.25) is 16.0 Å². The summed E-state index contributed by atoms with van der Waals surface area (Å²) < 4.78 is 27.6. The fourth-order valence-electron chi connectivity index (χ4n) is 3.41. The Morgan fingerprint density at radius 1 is 1.09 bits per heavy atom. The van der Waals surface area contributed by atoms with Crippen molar-refractivity contribution in [3.05, 3.63) is 58.7 Å². The van der Waals surface area contributed by atoms with E-state index >= 15 is 0 Å². The predicted octanol–water partition coefficient (Wildman–Crippen LogP) is 5.61. The number of thioether (sulfide) groups is 1. The summed E-state index contributed by atoms with van der Waals surface area (Å²) in [5.74, 6) is 2.26. The average molecular weight is 554 g/mol. The summed E-state index contributed by atoms with van der Waals surface area (Å²) in [5, 5.41) is 10.2. The molecule has 0 radical (unpaired) electrons. The number of halogens is 2. The van der Waals surface area contributed by atoms with Crippen LogP contribution in [0.3, 0.4) is 0 Å². The van der Waals surface area contributed by atoms with Crippen LogP contribution in [-0.2, 0) is 10.0 Å². The van der Waals surface area contributed by atoms with Gasteiger partial charge in [-0.1, -0.05) is 35.3 Å². The van der Waals surface area contributed by atoms with E-state index in [-0.39, 0.29) is 21.5 Å². The zero-order valence-corrected chi connectivity index (χ0v) is 22.0. The third kappa shape index (κ3) is 7.14. The van der Waals surface area contributed by atoms with E-state index in [4.69, 9.17) is 23.2 Å². The van der Waals surface area contributed by atoms with Crippen LogP contribution in [0, 0.1) is 0 Å². The van der Waals surface area contributed by atoms with Crippen LogP contribution in [0.15, 0.2) is 58.5 Å². The van der Waals surface area contributed by atoms with Crippen molar-refractivity contribution in [1.82, 2.24) is 14.7 Å². The molecule has 0 saturated heterocycles. The molecule has 0 saturated carbocycles. The number of nitrogens with zero attached hydrogens (tertiary/aromatic N) is 2. The minimum atomic E-state index is -3.76. The summed E-state index contributed by atoms with van der Waals surface area (Å²) in [5.41, 5.74) is 1.70. The Balaban J connectivity index is 1.36. The van der Waals surface area contributed by atoms with Gasteiger partial charge in [-0.25, -0.2) is 18.1 Å². The molecule has 4 bridgehead atoms. The van der Waals surface area contributed by atoms with Crippen LogP contribution in [0.25, 0.3) is 0 Å². The SMILES string of the molecule is O=S(=O)(NCCCNc1cnc2nc1NCCCCSc1cccc(c1)N2)c1cccc(Cl)c1Cl. The maximum atomic E-state index is 12.5. The number of aromatic nitrogens is 2. The quantitative estimate of drug-likeness (QED) is 0.280. The minimum Gasteiger partial charge on any atom is -0.381 e. The van der Waals surface area contributed by atoms with Crippen LogP contribution in [0.5, 0.6) is 0 Å². The molecule has 3 aromatic rings. The smallest absolute Gasteiger partial charge is 0.242 e. The third-order valence-electron chi connectivity index (χ3n) is 5.18. The van der Waals surface area contributed by atoms with Gasteiger partial charge in [0.25, 0.3) is 0 Å². The molecule has 0 atom stereocenters. The summed E-state index contributed by atoms with van der Waals surface area (Å²) >= 11 is 13.8. The van der Waals surface area contributed by atoms with Crippen LogP contribution in [-0.4, -0.2) is 43.8 Å². The Morgan fingerprint density at radius 2 is 1.94 bits per heavy atom. The van der Waals surface area contributed by atoms with Gasteiger partial charge < -0.3 is 16.0 Å². The maximum Gasteiger partial charge on any atom is 0.242 e. The lowest BCUT2D eigenvalue weighted by molar-refractivity contribution is 0.580. The van der Waals surface area contributed by atoms with E-state index < -0.39 is 10.0 Å². The zero-order chi connectivity index (χ0) is 24.7. The number of sulfonamides is 1. The fraction of sp³-hybridized carbons (Fsp3) is 0.304. The molecule has 186 valence electrons. The number of fused-ring (bicyclic) bond motifs is 4. The molecule has 2 aromatic carbocycles. The van der Waals surface area contributed by atoms with Gasteiger partial charge in [-0.15, -0.1) is 11.8 Å². The number of hydrogen-bond acceptors (Lipinski definition) is 8. The average Bonchev–Trinajstić information content (AvgIpc) is 2.84. The van der Waals surface area contributed by atoms with Crippen molar-refractivity contribution in [2.75, 3.05) is 41.3 Å². The summed E-state index contributed by atoms with van der Waals surface area (Å²) in [7, 11) is -3.76.